The molecule has 2 aromatic rings. The van der Waals surface area contributed by atoms with E-state index in [9.17, 15) is 9.59 Å². The highest BCUT2D eigenvalue weighted by atomic mass is 16.5. The van der Waals surface area contributed by atoms with Crippen LogP contribution in [0.2, 0.25) is 0 Å². The van der Waals surface area contributed by atoms with Crippen LogP contribution in [0.1, 0.15) is 69.2 Å². The Hall–Kier alpha value is -2.60. The lowest BCUT2D eigenvalue weighted by Crippen LogP contribution is -2.54. The van der Waals surface area contributed by atoms with Gasteiger partial charge < -0.3 is 20.3 Å². The van der Waals surface area contributed by atoms with Crippen molar-refractivity contribution in [2.75, 3.05) is 27.2 Å². The summed E-state index contributed by atoms with van der Waals surface area (Å²) < 4.78 is 5.70. The van der Waals surface area contributed by atoms with E-state index in [1.165, 1.54) is 12.8 Å². The monoisotopic (exact) mass is 453 g/mol. The molecule has 1 atom stereocenters. The van der Waals surface area contributed by atoms with Crippen molar-refractivity contribution in [3.8, 4) is 5.75 Å². The first-order valence-electron chi connectivity index (χ1n) is 12.3. The second-order valence-corrected chi connectivity index (χ2v) is 9.43. The summed E-state index contributed by atoms with van der Waals surface area (Å²) in [5, 5.41) is 8.09. The zero-order valence-electron chi connectivity index (χ0n) is 20.6. The van der Waals surface area contributed by atoms with Gasteiger partial charge in [0.25, 0.3) is 5.91 Å². The van der Waals surface area contributed by atoms with E-state index in [0.29, 0.717) is 25.1 Å². The molecule has 1 aliphatic carbocycles. The molecule has 2 aromatic carbocycles. The van der Waals surface area contributed by atoms with Crippen molar-refractivity contribution < 1.29 is 14.3 Å². The Balaban J connectivity index is 1.66. The van der Waals surface area contributed by atoms with Crippen molar-refractivity contribution in [1.82, 2.24) is 15.5 Å². The molecule has 6 nitrogen and oxygen atoms in total. The fraction of sp³-hybridized carbons (Fsp3) is 0.556. The molecule has 33 heavy (non-hydrogen) atoms. The van der Waals surface area contributed by atoms with E-state index in [1.54, 1.807) is 0 Å². The lowest BCUT2D eigenvalue weighted by atomic mass is 9.95. The first-order chi connectivity index (χ1) is 15.9. The normalized spacial score (nSPS) is 16.0. The minimum absolute atomic E-state index is 0.0223. The highest BCUT2D eigenvalue weighted by molar-refractivity contribution is 6.00. The maximum Gasteiger partial charge on any atom is 0.251 e. The number of ether oxygens (including phenoxy) is 1. The van der Waals surface area contributed by atoms with E-state index >= 15 is 0 Å². The largest absolute Gasteiger partial charge is 0.494 e. The minimum atomic E-state index is -0.538. The molecule has 180 valence electrons. The zero-order chi connectivity index (χ0) is 23.8. The number of carbonyl (C=O) groups excluding carboxylic acids is 2. The Labute approximate surface area is 198 Å². The molecule has 6 heteroatoms. The molecule has 0 spiro atoms. The van der Waals surface area contributed by atoms with Crippen LogP contribution >= 0.6 is 0 Å². The summed E-state index contributed by atoms with van der Waals surface area (Å²) in [7, 11) is 4.17. The number of carbonyl (C=O) groups is 2. The first kappa shape index (κ1) is 25.0. The van der Waals surface area contributed by atoms with E-state index in [-0.39, 0.29) is 17.4 Å². The molecule has 0 radical (unpaired) electrons. The predicted molar refractivity (Wildman–Crippen MR) is 134 cm³/mol. The van der Waals surface area contributed by atoms with Crippen molar-refractivity contribution in [3.05, 3.63) is 42.0 Å². The molecular formula is C27H39N3O3. The summed E-state index contributed by atoms with van der Waals surface area (Å²) in [6.07, 6.45) is 6.95. The van der Waals surface area contributed by atoms with Crippen LogP contribution in [0.15, 0.2) is 36.4 Å². The summed E-state index contributed by atoms with van der Waals surface area (Å²) >= 11 is 0. The average molecular weight is 454 g/mol. The van der Waals surface area contributed by atoms with Gasteiger partial charge in [-0.15, -0.1) is 0 Å². The van der Waals surface area contributed by atoms with Crippen LogP contribution < -0.4 is 15.4 Å². The fourth-order valence-corrected chi connectivity index (χ4v) is 4.66. The molecule has 0 aromatic heterocycles. The van der Waals surface area contributed by atoms with Crippen LogP contribution in [-0.2, 0) is 4.79 Å². The summed E-state index contributed by atoms with van der Waals surface area (Å²) in [6, 6.07) is 11.0. The molecular weight excluding hydrogens is 414 g/mol. The zero-order valence-corrected chi connectivity index (χ0v) is 20.6. The van der Waals surface area contributed by atoms with Crippen LogP contribution in [0.3, 0.4) is 0 Å². The Morgan fingerprint density at radius 2 is 1.73 bits per heavy atom. The van der Waals surface area contributed by atoms with E-state index in [2.05, 4.69) is 36.6 Å². The summed E-state index contributed by atoms with van der Waals surface area (Å²) in [4.78, 5) is 28.2. The molecule has 1 aliphatic rings. The van der Waals surface area contributed by atoms with Crippen LogP contribution in [0.25, 0.3) is 10.8 Å². The van der Waals surface area contributed by atoms with Gasteiger partial charge in [0.05, 0.1) is 6.61 Å². The molecule has 2 amide bonds. The number of hydrogen-bond acceptors (Lipinski definition) is 4. The van der Waals surface area contributed by atoms with Gasteiger partial charge in [0.15, 0.2) is 0 Å². The van der Waals surface area contributed by atoms with Crippen LogP contribution in [0.5, 0.6) is 5.75 Å². The smallest absolute Gasteiger partial charge is 0.251 e. The lowest BCUT2D eigenvalue weighted by Gasteiger charge is -2.37. The van der Waals surface area contributed by atoms with Gasteiger partial charge >= 0.3 is 0 Å². The molecule has 0 aliphatic heterocycles. The van der Waals surface area contributed by atoms with E-state index in [1.807, 2.05) is 43.3 Å². The SMILES string of the molecule is CCCOc1ccc2cc(C(=O)N[C@@H](CCC)C(=O)NCC3(N(C)C)CCCC3)ccc2c1. The van der Waals surface area contributed by atoms with E-state index in [0.717, 1.165) is 42.2 Å². The van der Waals surface area contributed by atoms with Crippen molar-refractivity contribution in [2.24, 2.45) is 0 Å². The second-order valence-electron chi connectivity index (χ2n) is 9.43. The van der Waals surface area contributed by atoms with Gasteiger partial charge in [-0.1, -0.05) is 45.2 Å². The van der Waals surface area contributed by atoms with E-state index in [4.69, 9.17) is 4.74 Å². The third kappa shape index (κ3) is 6.26. The van der Waals surface area contributed by atoms with E-state index < -0.39 is 6.04 Å². The quantitative estimate of drug-likeness (QED) is 0.525. The lowest BCUT2D eigenvalue weighted by molar-refractivity contribution is -0.123. The first-order valence-corrected chi connectivity index (χ1v) is 12.3. The van der Waals surface area contributed by atoms with Gasteiger partial charge in [0.2, 0.25) is 5.91 Å². The Bertz CT molecular complexity index is 951. The second kappa shape index (κ2) is 11.5. The van der Waals surface area contributed by atoms with Gasteiger partial charge in [-0.2, -0.15) is 0 Å². The summed E-state index contributed by atoms with van der Waals surface area (Å²) in [5.41, 5.74) is 0.577. The molecule has 2 N–H and O–H groups in total. The average Bonchev–Trinajstić information content (AvgIpc) is 3.31. The Morgan fingerprint density at radius 3 is 2.39 bits per heavy atom. The molecule has 3 rings (SSSR count). The van der Waals surface area contributed by atoms with Gasteiger partial charge in [0, 0.05) is 17.6 Å². The number of fused-ring (bicyclic) bond motifs is 1. The highest BCUT2D eigenvalue weighted by Gasteiger charge is 2.36. The minimum Gasteiger partial charge on any atom is -0.494 e. The number of rotatable bonds is 11. The van der Waals surface area contributed by atoms with Crippen LogP contribution in [0.4, 0.5) is 0 Å². The van der Waals surface area contributed by atoms with Crippen LogP contribution in [-0.4, -0.2) is 55.5 Å². The van der Waals surface area contributed by atoms with Gasteiger partial charge in [-0.25, -0.2) is 0 Å². The molecule has 1 fully saturated rings. The topological polar surface area (TPSA) is 70.7 Å². The molecule has 0 saturated heterocycles. The van der Waals surface area contributed by atoms with Gasteiger partial charge in [0.1, 0.15) is 11.8 Å². The van der Waals surface area contributed by atoms with Crippen molar-refractivity contribution in [2.45, 2.75) is 70.4 Å². The highest BCUT2D eigenvalue weighted by Crippen LogP contribution is 2.33. The predicted octanol–water partition coefficient (Wildman–Crippen LogP) is 4.52. The maximum absolute atomic E-state index is 13.0. The van der Waals surface area contributed by atoms with Crippen molar-refractivity contribution in [3.63, 3.8) is 0 Å². The van der Waals surface area contributed by atoms with Crippen molar-refractivity contribution in [1.29, 1.82) is 0 Å². The number of nitrogens with one attached hydrogen (secondary N) is 2. The molecule has 0 bridgehead atoms. The van der Waals surface area contributed by atoms with Crippen LogP contribution in [0, 0.1) is 0 Å². The number of likely N-dealkylation sites (N-methyl/N-ethyl adjacent to an activating group) is 1. The molecule has 0 heterocycles. The third-order valence-corrected chi connectivity index (χ3v) is 6.82. The number of nitrogens with zero attached hydrogens (tertiary/aromatic N) is 1. The molecule has 0 unspecified atom stereocenters. The standard InChI is InChI=1S/C27H39N3O3/c1-5-9-24(26(32)28-19-27(30(3)4)14-7-8-15-27)29-25(31)22-11-10-21-18-23(33-16-6-2)13-12-20(21)17-22/h10-13,17-18,24H,5-9,14-16,19H2,1-4H3,(H,28,32)(H,29,31)/t24-/m0/s1. The third-order valence-electron chi connectivity index (χ3n) is 6.82. The Kier molecular flexibility index (Phi) is 8.73. The summed E-state index contributed by atoms with van der Waals surface area (Å²) in [5.74, 6) is 0.510. The number of benzene rings is 2. The van der Waals surface area contributed by atoms with Gasteiger partial charge in [-0.3, -0.25) is 9.59 Å². The summed E-state index contributed by atoms with van der Waals surface area (Å²) in [6.45, 7) is 5.40. The Morgan fingerprint density at radius 1 is 1.03 bits per heavy atom. The fourth-order valence-electron chi connectivity index (χ4n) is 4.66. The number of hydrogen-bond donors (Lipinski definition) is 2. The molecule has 1 saturated carbocycles. The van der Waals surface area contributed by atoms with Crippen molar-refractivity contribution >= 4 is 22.6 Å². The maximum atomic E-state index is 13.0. The van der Waals surface area contributed by atoms with Gasteiger partial charge in [-0.05, 0) is 74.8 Å². The number of amides is 2.